The van der Waals surface area contributed by atoms with Crippen LogP contribution in [0.25, 0.3) is 0 Å². The molecule has 0 aromatic carbocycles. The van der Waals surface area contributed by atoms with E-state index in [0.29, 0.717) is 11.7 Å². The summed E-state index contributed by atoms with van der Waals surface area (Å²) in [4.78, 5) is 21.0. The molecule has 0 saturated heterocycles. The molecule has 6 nitrogen and oxygen atoms in total. The first-order valence-corrected chi connectivity index (χ1v) is 6.78. The lowest BCUT2D eigenvalue weighted by Gasteiger charge is -2.32. The predicted octanol–water partition coefficient (Wildman–Crippen LogP) is 1.53. The quantitative estimate of drug-likeness (QED) is 0.722. The lowest BCUT2D eigenvalue weighted by atomic mass is 9.70. The van der Waals surface area contributed by atoms with Crippen LogP contribution < -0.4 is 5.73 Å². The molecule has 0 radical (unpaired) electrons. The van der Waals surface area contributed by atoms with E-state index in [-0.39, 0.29) is 10.8 Å². The summed E-state index contributed by atoms with van der Waals surface area (Å²) in [7, 11) is -2.70. The van der Waals surface area contributed by atoms with E-state index >= 15 is 0 Å². The number of amides is 2. The van der Waals surface area contributed by atoms with Gasteiger partial charge in [0.15, 0.2) is 0 Å². The Labute approximate surface area is 108 Å². The Morgan fingerprint density at radius 2 is 1.94 bits per heavy atom. The number of nitrogens with zero attached hydrogens (tertiary/aromatic N) is 1. The topological polar surface area (TPSA) is 107 Å². The number of Topliss-reactive ketones (excluding diaryl/α,β-unsaturated/α-hetero) is 1. The molecular formula is C11H18N2O4S. The Morgan fingerprint density at radius 3 is 2.06 bits per heavy atom. The molecule has 2 fully saturated rings. The summed E-state index contributed by atoms with van der Waals surface area (Å²) < 4.78 is 21.0. The van der Waals surface area contributed by atoms with Gasteiger partial charge in [0.25, 0.3) is 0 Å². The van der Waals surface area contributed by atoms with Crippen molar-refractivity contribution in [1.29, 1.82) is 0 Å². The second-order valence-corrected chi connectivity index (χ2v) is 6.18. The standard InChI is InChI=1S/C10H16O.CH2N2O3S/c1-9(2)7-4-5-10(9,3)8(11)6-7;2-1(4)3-7(5)6/h7H,4-6H2,1-3H3;(H2,2,4). The van der Waals surface area contributed by atoms with Gasteiger partial charge in [-0.05, 0) is 24.2 Å². The minimum atomic E-state index is -2.70. The van der Waals surface area contributed by atoms with Gasteiger partial charge in [-0.25, -0.2) is 4.79 Å². The van der Waals surface area contributed by atoms with Gasteiger partial charge >= 0.3 is 16.5 Å². The molecule has 2 unspecified atom stereocenters. The van der Waals surface area contributed by atoms with Crippen molar-refractivity contribution in [3.63, 3.8) is 0 Å². The number of carbonyl (C=O) groups is 2. The third-order valence-electron chi connectivity index (χ3n) is 4.65. The zero-order chi connectivity index (χ0) is 14.1. The smallest absolute Gasteiger partial charge is 0.349 e. The van der Waals surface area contributed by atoms with E-state index < -0.39 is 16.5 Å². The number of primary amides is 1. The third kappa shape index (κ3) is 2.45. The van der Waals surface area contributed by atoms with E-state index in [1.54, 1.807) is 0 Å². The molecule has 0 aromatic rings. The van der Waals surface area contributed by atoms with Crippen LogP contribution in [0.5, 0.6) is 0 Å². The summed E-state index contributed by atoms with van der Waals surface area (Å²) in [5, 5.41) is 0. The number of fused-ring (bicyclic) bond motifs is 2. The van der Waals surface area contributed by atoms with Crippen molar-refractivity contribution in [3.8, 4) is 0 Å². The van der Waals surface area contributed by atoms with E-state index in [1.807, 2.05) is 0 Å². The van der Waals surface area contributed by atoms with Crippen LogP contribution in [0.4, 0.5) is 4.79 Å². The van der Waals surface area contributed by atoms with Gasteiger partial charge in [0.1, 0.15) is 5.78 Å². The summed E-state index contributed by atoms with van der Waals surface area (Å²) in [6.07, 6.45) is 3.25. The fraction of sp³-hybridized carbons (Fsp3) is 0.818. The minimum Gasteiger partial charge on any atom is -0.349 e. The highest BCUT2D eigenvalue weighted by Gasteiger charge is 2.61. The number of ketones is 1. The Kier molecular flexibility index (Phi) is 3.95. The molecule has 2 amide bonds. The van der Waals surface area contributed by atoms with Crippen molar-refractivity contribution in [3.05, 3.63) is 0 Å². The van der Waals surface area contributed by atoms with Crippen molar-refractivity contribution in [2.24, 2.45) is 26.8 Å². The Hall–Kier alpha value is -1.24. The highest BCUT2D eigenvalue weighted by Crippen LogP contribution is 2.63. The molecule has 2 aliphatic carbocycles. The molecule has 102 valence electrons. The monoisotopic (exact) mass is 274 g/mol. The van der Waals surface area contributed by atoms with Crippen LogP contribution in [0.3, 0.4) is 0 Å². The van der Waals surface area contributed by atoms with Crippen LogP contribution in [0.15, 0.2) is 4.36 Å². The van der Waals surface area contributed by atoms with Gasteiger partial charge in [-0.15, -0.1) is 0 Å². The van der Waals surface area contributed by atoms with Gasteiger partial charge in [0.05, 0.1) is 0 Å². The number of hydrogen-bond donors (Lipinski definition) is 1. The molecule has 0 aromatic heterocycles. The van der Waals surface area contributed by atoms with Crippen molar-refractivity contribution in [2.45, 2.75) is 40.0 Å². The van der Waals surface area contributed by atoms with Crippen LogP contribution in [0.1, 0.15) is 40.0 Å². The first-order valence-electron chi connectivity index (χ1n) is 5.75. The van der Waals surface area contributed by atoms with Crippen LogP contribution in [0.2, 0.25) is 0 Å². The van der Waals surface area contributed by atoms with Gasteiger partial charge in [0.2, 0.25) is 0 Å². The molecule has 2 N–H and O–H groups in total. The van der Waals surface area contributed by atoms with Crippen LogP contribution >= 0.6 is 0 Å². The second kappa shape index (κ2) is 4.79. The largest absolute Gasteiger partial charge is 0.353 e. The molecule has 18 heavy (non-hydrogen) atoms. The predicted molar refractivity (Wildman–Crippen MR) is 65.2 cm³/mol. The van der Waals surface area contributed by atoms with Gasteiger partial charge in [-0.1, -0.05) is 25.1 Å². The Balaban J connectivity index is 0.000000203. The minimum absolute atomic E-state index is 0.0255. The van der Waals surface area contributed by atoms with Crippen LogP contribution in [0, 0.1) is 16.7 Å². The Bertz CT molecular complexity index is 501. The van der Waals surface area contributed by atoms with Gasteiger partial charge in [-0.2, -0.15) is 8.42 Å². The van der Waals surface area contributed by atoms with Gasteiger partial charge in [-0.3, -0.25) is 4.79 Å². The zero-order valence-electron chi connectivity index (χ0n) is 10.8. The number of carbonyl (C=O) groups excluding carboxylic acids is 2. The van der Waals surface area contributed by atoms with Crippen molar-refractivity contribution >= 4 is 22.3 Å². The van der Waals surface area contributed by atoms with E-state index in [4.69, 9.17) is 0 Å². The normalized spacial score (nSPS) is 31.5. The molecule has 0 spiro atoms. The highest BCUT2D eigenvalue weighted by molar-refractivity contribution is 7.62. The lowest BCUT2D eigenvalue weighted by molar-refractivity contribution is -0.128. The zero-order valence-corrected chi connectivity index (χ0v) is 11.6. The average molecular weight is 274 g/mol. The fourth-order valence-corrected chi connectivity index (χ4v) is 3.12. The van der Waals surface area contributed by atoms with Crippen molar-refractivity contribution < 1.29 is 18.0 Å². The number of nitrogens with two attached hydrogens (primary N) is 1. The first-order chi connectivity index (χ1) is 8.11. The first kappa shape index (κ1) is 14.8. The van der Waals surface area contributed by atoms with Crippen LogP contribution in [-0.2, 0) is 15.3 Å². The number of hydrogen-bond acceptors (Lipinski definition) is 4. The molecule has 0 aliphatic heterocycles. The van der Waals surface area contributed by atoms with Gasteiger partial charge < -0.3 is 5.73 Å². The SMILES string of the molecule is CC12CCC(CC1=O)C2(C)C.NC(=O)N=S(=O)=O. The Morgan fingerprint density at radius 1 is 1.39 bits per heavy atom. The fourth-order valence-electron chi connectivity index (χ4n) is 2.97. The van der Waals surface area contributed by atoms with E-state index in [0.717, 1.165) is 12.8 Å². The maximum atomic E-state index is 11.6. The summed E-state index contributed by atoms with van der Waals surface area (Å²) in [5.74, 6) is 1.19. The summed E-state index contributed by atoms with van der Waals surface area (Å²) >= 11 is 0. The molecule has 2 rings (SSSR count). The molecule has 2 atom stereocenters. The van der Waals surface area contributed by atoms with Crippen LogP contribution in [-0.4, -0.2) is 20.2 Å². The molecule has 2 aliphatic rings. The van der Waals surface area contributed by atoms with E-state index in [9.17, 15) is 18.0 Å². The molecule has 7 heteroatoms. The summed E-state index contributed by atoms with van der Waals surface area (Å²) in [6, 6.07) is -1.20. The number of urea groups is 1. The number of rotatable bonds is 0. The molecule has 2 bridgehead atoms. The van der Waals surface area contributed by atoms with Gasteiger partial charge in [0, 0.05) is 11.8 Å². The maximum absolute atomic E-state index is 11.6. The maximum Gasteiger partial charge on any atom is 0.353 e. The molecule has 2 saturated carbocycles. The van der Waals surface area contributed by atoms with Crippen molar-refractivity contribution in [1.82, 2.24) is 0 Å². The van der Waals surface area contributed by atoms with E-state index in [2.05, 4.69) is 30.9 Å². The molecular weight excluding hydrogens is 256 g/mol. The average Bonchev–Trinajstić information content (AvgIpc) is 2.49. The third-order valence-corrected chi connectivity index (χ3v) is 4.98. The summed E-state index contributed by atoms with van der Waals surface area (Å²) in [6.45, 7) is 6.67. The molecule has 0 heterocycles. The highest BCUT2D eigenvalue weighted by atomic mass is 32.2. The second-order valence-electron chi connectivity index (χ2n) is 5.56. The summed E-state index contributed by atoms with van der Waals surface area (Å²) in [5.41, 5.74) is 4.60. The van der Waals surface area contributed by atoms with E-state index in [1.165, 1.54) is 6.42 Å². The lowest BCUT2D eigenvalue weighted by Crippen LogP contribution is -2.32. The van der Waals surface area contributed by atoms with Crippen molar-refractivity contribution in [2.75, 3.05) is 0 Å².